The Bertz CT molecular complexity index is 1090. The average Bonchev–Trinajstić information content (AvgIpc) is 3.07. The second-order valence-corrected chi connectivity index (χ2v) is 8.63. The van der Waals surface area contributed by atoms with Gasteiger partial charge in [0.25, 0.3) is 5.91 Å². The summed E-state index contributed by atoms with van der Waals surface area (Å²) in [7, 11) is 0. The number of carbonyl (C=O) groups excluding carboxylic acids is 1. The van der Waals surface area contributed by atoms with Crippen LogP contribution in [0.5, 0.6) is 0 Å². The van der Waals surface area contributed by atoms with Crippen LogP contribution in [0.25, 0.3) is 0 Å². The number of piperazine rings is 1. The van der Waals surface area contributed by atoms with Gasteiger partial charge < -0.3 is 15.1 Å². The zero-order valence-corrected chi connectivity index (χ0v) is 19.7. The van der Waals surface area contributed by atoms with Crippen LogP contribution in [-0.2, 0) is 6.54 Å². The summed E-state index contributed by atoms with van der Waals surface area (Å²) in [5, 5.41) is 7.84. The molecule has 0 radical (unpaired) electrons. The van der Waals surface area contributed by atoms with Crippen molar-refractivity contribution in [1.82, 2.24) is 14.7 Å². The molecule has 32 heavy (non-hydrogen) atoms. The lowest BCUT2D eigenvalue weighted by molar-refractivity contribution is 0.102. The zero-order valence-electron chi connectivity index (χ0n) is 18.9. The first kappa shape index (κ1) is 22.4. The molecule has 1 saturated heterocycles. The maximum atomic E-state index is 13.0. The number of hydrogen-bond acceptors (Lipinski definition) is 4. The maximum absolute atomic E-state index is 13.0. The number of aryl methyl sites for hydroxylation is 2. The van der Waals surface area contributed by atoms with Crippen molar-refractivity contribution in [2.45, 2.75) is 27.3 Å². The minimum atomic E-state index is -0.240. The Morgan fingerprint density at radius 2 is 1.78 bits per heavy atom. The second kappa shape index (κ2) is 9.76. The third kappa shape index (κ3) is 4.81. The van der Waals surface area contributed by atoms with Gasteiger partial charge in [0.15, 0.2) is 0 Å². The number of benzene rings is 2. The molecule has 0 spiro atoms. The first-order valence-corrected chi connectivity index (χ1v) is 11.5. The molecule has 1 aliphatic heterocycles. The van der Waals surface area contributed by atoms with Crippen LogP contribution >= 0.6 is 11.6 Å². The number of anilines is 2. The van der Waals surface area contributed by atoms with E-state index in [2.05, 4.69) is 40.1 Å². The van der Waals surface area contributed by atoms with Gasteiger partial charge in [-0.2, -0.15) is 5.10 Å². The average molecular weight is 452 g/mol. The second-order valence-electron chi connectivity index (χ2n) is 8.27. The van der Waals surface area contributed by atoms with Gasteiger partial charge in [0, 0.05) is 37.6 Å². The quantitative estimate of drug-likeness (QED) is 0.595. The summed E-state index contributed by atoms with van der Waals surface area (Å²) in [5.41, 5.74) is 5.24. The fourth-order valence-electron chi connectivity index (χ4n) is 4.26. The Balaban J connectivity index is 1.47. The summed E-state index contributed by atoms with van der Waals surface area (Å²) in [5.74, 6) is -0.240. The Hall–Kier alpha value is -2.83. The molecule has 0 aliphatic carbocycles. The zero-order chi connectivity index (χ0) is 22.7. The molecule has 0 saturated carbocycles. The molecule has 7 heteroatoms. The highest BCUT2D eigenvalue weighted by atomic mass is 35.5. The van der Waals surface area contributed by atoms with Crippen molar-refractivity contribution in [2.24, 2.45) is 0 Å². The molecule has 1 aromatic heterocycles. The molecule has 2 aromatic carbocycles. The summed E-state index contributed by atoms with van der Waals surface area (Å²) >= 11 is 6.55. The van der Waals surface area contributed by atoms with Gasteiger partial charge in [0.2, 0.25) is 0 Å². The van der Waals surface area contributed by atoms with Gasteiger partial charge in [-0.3, -0.25) is 4.79 Å². The molecule has 0 unspecified atom stereocenters. The first-order chi connectivity index (χ1) is 15.5. The first-order valence-electron chi connectivity index (χ1n) is 11.1. The van der Waals surface area contributed by atoms with Gasteiger partial charge >= 0.3 is 0 Å². The van der Waals surface area contributed by atoms with E-state index in [1.165, 1.54) is 5.69 Å². The highest BCUT2D eigenvalue weighted by molar-refractivity contribution is 6.33. The highest BCUT2D eigenvalue weighted by Gasteiger charge is 2.22. The number of hydrogen-bond donors (Lipinski definition) is 1. The van der Waals surface area contributed by atoms with E-state index in [9.17, 15) is 4.79 Å². The van der Waals surface area contributed by atoms with E-state index in [0.717, 1.165) is 49.5 Å². The van der Waals surface area contributed by atoms with E-state index in [0.29, 0.717) is 23.0 Å². The SMILES string of the molecule is CCN1CCN(c2ccc(NC(=O)c3c(C)nn(Cc4ccccc4)c3Cl)cc2C)CC1. The fourth-order valence-corrected chi connectivity index (χ4v) is 4.58. The van der Waals surface area contributed by atoms with Crippen molar-refractivity contribution in [1.29, 1.82) is 0 Å². The van der Waals surface area contributed by atoms with Crippen molar-refractivity contribution in [2.75, 3.05) is 42.9 Å². The Labute approximate surface area is 194 Å². The normalized spacial score (nSPS) is 14.6. The highest BCUT2D eigenvalue weighted by Crippen LogP contribution is 2.27. The van der Waals surface area contributed by atoms with Crippen molar-refractivity contribution >= 4 is 28.9 Å². The number of amides is 1. The van der Waals surface area contributed by atoms with Gasteiger partial charge in [-0.25, -0.2) is 4.68 Å². The van der Waals surface area contributed by atoms with Crippen molar-refractivity contribution in [3.8, 4) is 0 Å². The molecular formula is C25H30ClN5O. The van der Waals surface area contributed by atoms with Gasteiger partial charge in [-0.05, 0) is 49.7 Å². The molecule has 2 heterocycles. The van der Waals surface area contributed by atoms with Crippen LogP contribution in [0.1, 0.15) is 34.1 Å². The van der Waals surface area contributed by atoms with Crippen molar-refractivity contribution in [3.05, 3.63) is 76.1 Å². The van der Waals surface area contributed by atoms with Crippen LogP contribution in [0.2, 0.25) is 5.15 Å². The van der Waals surface area contributed by atoms with Crippen molar-refractivity contribution in [3.63, 3.8) is 0 Å². The predicted molar refractivity (Wildman–Crippen MR) is 131 cm³/mol. The summed E-state index contributed by atoms with van der Waals surface area (Å²) in [4.78, 5) is 17.9. The van der Waals surface area contributed by atoms with E-state index < -0.39 is 0 Å². The standard InChI is InChI=1S/C25H30ClN5O/c1-4-29-12-14-30(15-13-29)22-11-10-21(16-18(22)2)27-25(32)23-19(3)28-31(24(23)26)17-20-8-6-5-7-9-20/h5-11,16H,4,12-15,17H2,1-3H3,(H,27,32). The Morgan fingerprint density at radius 1 is 1.06 bits per heavy atom. The van der Waals surface area contributed by atoms with E-state index in [4.69, 9.17) is 11.6 Å². The molecule has 168 valence electrons. The predicted octanol–water partition coefficient (Wildman–Crippen LogP) is 4.60. The Kier molecular flexibility index (Phi) is 6.82. The van der Waals surface area contributed by atoms with Gasteiger partial charge in [-0.1, -0.05) is 48.9 Å². The largest absolute Gasteiger partial charge is 0.369 e. The number of carbonyl (C=O) groups is 1. The minimum absolute atomic E-state index is 0.240. The van der Waals surface area contributed by atoms with Gasteiger partial charge in [0.1, 0.15) is 5.15 Å². The molecule has 3 aromatic rings. The van der Waals surface area contributed by atoms with Crippen LogP contribution in [-0.4, -0.2) is 53.3 Å². The lowest BCUT2D eigenvalue weighted by Crippen LogP contribution is -2.46. The maximum Gasteiger partial charge on any atom is 0.260 e. The van der Waals surface area contributed by atoms with Gasteiger partial charge in [0.05, 0.1) is 17.8 Å². The molecular weight excluding hydrogens is 422 g/mol. The molecule has 1 amide bonds. The minimum Gasteiger partial charge on any atom is -0.369 e. The molecule has 1 fully saturated rings. The summed E-state index contributed by atoms with van der Waals surface area (Å²) < 4.78 is 1.67. The van der Waals surface area contributed by atoms with Crippen LogP contribution in [0.15, 0.2) is 48.5 Å². The number of aromatic nitrogens is 2. The van der Waals surface area contributed by atoms with Crippen molar-refractivity contribution < 1.29 is 4.79 Å². The molecule has 6 nitrogen and oxygen atoms in total. The molecule has 0 bridgehead atoms. The monoisotopic (exact) mass is 451 g/mol. The van der Waals surface area contributed by atoms with E-state index in [1.807, 2.05) is 49.4 Å². The topological polar surface area (TPSA) is 53.4 Å². The summed E-state index contributed by atoms with van der Waals surface area (Å²) in [6, 6.07) is 16.0. The summed E-state index contributed by atoms with van der Waals surface area (Å²) in [6.07, 6.45) is 0. The van der Waals surface area contributed by atoms with Crippen LogP contribution < -0.4 is 10.2 Å². The van der Waals surface area contributed by atoms with Crippen LogP contribution in [0.3, 0.4) is 0 Å². The lowest BCUT2D eigenvalue weighted by atomic mass is 10.1. The van der Waals surface area contributed by atoms with Crippen LogP contribution in [0.4, 0.5) is 11.4 Å². The van der Waals surface area contributed by atoms with E-state index >= 15 is 0 Å². The molecule has 4 rings (SSSR count). The number of likely N-dealkylation sites (N-methyl/N-ethyl adjacent to an activating group) is 1. The number of halogens is 1. The fraction of sp³-hybridized carbons (Fsp3) is 0.360. The smallest absolute Gasteiger partial charge is 0.260 e. The molecule has 0 atom stereocenters. The number of rotatable bonds is 6. The summed E-state index contributed by atoms with van der Waals surface area (Å²) in [6.45, 7) is 11.9. The van der Waals surface area contributed by atoms with Gasteiger partial charge in [-0.15, -0.1) is 0 Å². The number of nitrogens with one attached hydrogen (secondary N) is 1. The molecule has 1 aliphatic rings. The Morgan fingerprint density at radius 3 is 2.44 bits per heavy atom. The lowest BCUT2D eigenvalue weighted by Gasteiger charge is -2.36. The van der Waals surface area contributed by atoms with E-state index in [-0.39, 0.29) is 5.91 Å². The van der Waals surface area contributed by atoms with E-state index in [1.54, 1.807) is 4.68 Å². The third-order valence-corrected chi connectivity index (χ3v) is 6.47. The van der Waals surface area contributed by atoms with Crippen LogP contribution in [0, 0.1) is 13.8 Å². The number of nitrogens with zero attached hydrogens (tertiary/aromatic N) is 4. The molecule has 1 N–H and O–H groups in total. The third-order valence-electron chi connectivity index (χ3n) is 6.08.